The first-order valence-electron chi connectivity index (χ1n) is 6.99. The maximum atomic E-state index is 13.2. The lowest BCUT2D eigenvalue weighted by molar-refractivity contribution is -0.139. The molecular formula is C15H19F4N. The smallest absolute Gasteiger partial charge is 0.382 e. The van der Waals surface area contributed by atoms with Crippen molar-refractivity contribution in [2.45, 2.75) is 51.2 Å². The van der Waals surface area contributed by atoms with Crippen LogP contribution in [-0.4, -0.2) is 6.04 Å². The summed E-state index contributed by atoms with van der Waals surface area (Å²) in [4.78, 5) is 0. The van der Waals surface area contributed by atoms with Gasteiger partial charge in [0.25, 0.3) is 0 Å². The Labute approximate surface area is 116 Å². The Bertz CT molecular complexity index is 456. The van der Waals surface area contributed by atoms with Crippen molar-refractivity contribution >= 4 is 5.69 Å². The highest BCUT2D eigenvalue weighted by atomic mass is 19.4. The molecule has 0 aromatic heterocycles. The quantitative estimate of drug-likeness (QED) is 0.581. The monoisotopic (exact) mass is 289 g/mol. The molecule has 1 N–H and O–H groups in total. The molecule has 1 aromatic rings. The SMILES string of the molecule is CC1CCCC(Nc2ccc(F)c(C(F)(F)F)c2)CC1. The maximum absolute atomic E-state index is 13.2. The number of hydrogen-bond acceptors (Lipinski definition) is 1. The molecule has 0 radical (unpaired) electrons. The molecule has 112 valence electrons. The first kappa shape index (κ1) is 15.1. The van der Waals surface area contributed by atoms with Gasteiger partial charge < -0.3 is 5.32 Å². The van der Waals surface area contributed by atoms with Gasteiger partial charge in [0, 0.05) is 11.7 Å². The van der Waals surface area contributed by atoms with Gasteiger partial charge in [-0.3, -0.25) is 0 Å². The first-order chi connectivity index (χ1) is 9.36. The number of alkyl halides is 3. The minimum atomic E-state index is -4.65. The van der Waals surface area contributed by atoms with Crippen LogP contribution in [-0.2, 0) is 6.18 Å². The molecular weight excluding hydrogens is 270 g/mol. The molecule has 2 rings (SSSR count). The standard InChI is InChI=1S/C15H19F4N/c1-10-3-2-4-11(6-5-10)20-12-7-8-14(16)13(9-12)15(17,18)19/h7-11,20H,2-6H2,1H3. The van der Waals surface area contributed by atoms with E-state index >= 15 is 0 Å². The van der Waals surface area contributed by atoms with Gasteiger partial charge in [-0.25, -0.2) is 4.39 Å². The molecule has 2 atom stereocenters. The number of benzene rings is 1. The Kier molecular flexibility index (Phi) is 4.55. The summed E-state index contributed by atoms with van der Waals surface area (Å²) in [5.74, 6) is -0.557. The van der Waals surface area contributed by atoms with E-state index in [2.05, 4.69) is 12.2 Å². The van der Waals surface area contributed by atoms with Gasteiger partial charge in [-0.2, -0.15) is 13.2 Å². The second kappa shape index (κ2) is 6.02. The molecule has 1 aliphatic rings. The highest BCUT2D eigenvalue weighted by molar-refractivity contribution is 5.47. The van der Waals surface area contributed by atoms with E-state index in [9.17, 15) is 17.6 Å². The fraction of sp³-hybridized carbons (Fsp3) is 0.600. The summed E-state index contributed by atoms with van der Waals surface area (Å²) in [7, 11) is 0. The van der Waals surface area contributed by atoms with Gasteiger partial charge in [0.15, 0.2) is 0 Å². The van der Waals surface area contributed by atoms with E-state index < -0.39 is 17.6 Å². The molecule has 1 saturated carbocycles. The summed E-state index contributed by atoms with van der Waals surface area (Å²) >= 11 is 0. The number of rotatable bonds is 2. The average molecular weight is 289 g/mol. The third-order valence-corrected chi connectivity index (χ3v) is 3.90. The minimum Gasteiger partial charge on any atom is -0.382 e. The third-order valence-electron chi connectivity index (χ3n) is 3.90. The van der Waals surface area contributed by atoms with Crippen LogP contribution in [0.2, 0.25) is 0 Å². The van der Waals surface area contributed by atoms with Crippen LogP contribution < -0.4 is 5.32 Å². The number of halogens is 4. The van der Waals surface area contributed by atoms with Gasteiger partial charge in [-0.15, -0.1) is 0 Å². The van der Waals surface area contributed by atoms with E-state index in [0.29, 0.717) is 11.6 Å². The second-order valence-corrected chi connectivity index (χ2v) is 5.65. The molecule has 1 aliphatic carbocycles. The van der Waals surface area contributed by atoms with Crippen molar-refractivity contribution in [2.75, 3.05) is 5.32 Å². The number of hydrogen-bond donors (Lipinski definition) is 1. The van der Waals surface area contributed by atoms with Gasteiger partial charge >= 0.3 is 6.18 Å². The first-order valence-corrected chi connectivity index (χ1v) is 6.99. The summed E-state index contributed by atoms with van der Waals surface area (Å²) in [5, 5.41) is 3.11. The summed E-state index contributed by atoms with van der Waals surface area (Å²) in [6, 6.07) is 3.29. The van der Waals surface area contributed by atoms with Gasteiger partial charge in [-0.1, -0.05) is 19.8 Å². The Hall–Kier alpha value is -1.26. The second-order valence-electron chi connectivity index (χ2n) is 5.65. The van der Waals surface area contributed by atoms with Crippen molar-refractivity contribution in [1.82, 2.24) is 0 Å². The molecule has 1 fully saturated rings. The molecule has 2 unspecified atom stereocenters. The van der Waals surface area contributed by atoms with Crippen LogP contribution in [0.4, 0.5) is 23.2 Å². The van der Waals surface area contributed by atoms with E-state index in [1.807, 2.05) is 0 Å². The summed E-state index contributed by atoms with van der Waals surface area (Å²) in [6.07, 6.45) is 0.551. The van der Waals surface area contributed by atoms with Crippen LogP contribution in [0.15, 0.2) is 18.2 Å². The lowest BCUT2D eigenvalue weighted by atomic mass is 10.0. The van der Waals surface area contributed by atoms with E-state index in [-0.39, 0.29) is 6.04 Å². The molecule has 5 heteroatoms. The highest BCUT2D eigenvalue weighted by Gasteiger charge is 2.34. The van der Waals surface area contributed by atoms with Gasteiger partial charge in [0.1, 0.15) is 5.82 Å². The molecule has 0 saturated heterocycles. The van der Waals surface area contributed by atoms with Crippen LogP contribution in [0.3, 0.4) is 0 Å². The van der Waals surface area contributed by atoms with Crippen LogP contribution in [0.1, 0.15) is 44.6 Å². The van der Waals surface area contributed by atoms with Crippen molar-refractivity contribution in [3.63, 3.8) is 0 Å². The van der Waals surface area contributed by atoms with Crippen molar-refractivity contribution in [3.8, 4) is 0 Å². The number of anilines is 1. The van der Waals surface area contributed by atoms with Crippen LogP contribution in [0.5, 0.6) is 0 Å². The van der Waals surface area contributed by atoms with Crippen molar-refractivity contribution < 1.29 is 17.6 Å². The van der Waals surface area contributed by atoms with E-state index in [4.69, 9.17) is 0 Å². The Morgan fingerprint density at radius 2 is 1.85 bits per heavy atom. The Morgan fingerprint density at radius 3 is 2.55 bits per heavy atom. The molecule has 0 amide bonds. The summed E-state index contributed by atoms with van der Waals surface area (Å²) in [5.41, 5.74) is -0.859. The lowest BCUT2D eigenvalue weighted by Crippen LogP contribution is -2.19. The lowest BCUT2D eigenvalue weighted by Gasteiger charge is -2.19. The topological polar surface area (TPSA) is 12.0 Å². The maximum Gasteiger partial charge on any atom is 0.419 e. The minimum absolute atomic E-state index is 0.173. The summed E-state index contributed by atoms with van der Waals surface area (Å²) in [6.45, 7) is 2.20. The van der Waals surface area contributed by atoms with Crippen LogP contribution in [0, 0.1) is 11.7 Å². The Morgan fingerprint density at radius 1 is 1.10 bits per heavy atom. The Balaban J connectivity index is 2.10. The van der Waals surface area contributed by atoms with Gasteiger partial charge in [0.05, 0.1) is 5.56 Å². The van der Waals surface area contributed by atoms with E-state index in [1.165, 1.54) is 6.07 Å². The molecule has 1 nitrogen and oxygen atoms in total. The zero-order chi connectivity index (χ0) is 14.8. The largest absolute Gasteiger partial charge is 0.419 e. The zero-order valence-corrected chi connectivity index (χ0v) is 11.4. The van der Waals surface area contributed by atoms with Crippen LogP contribution in [0.25, 0.3) is 0 Å². The van der Waals surface area contributed by atoms with Crippen molar-refractivity contribution in [1.29, 1.82) is 0 Å². The van der Waals surface area contributed by atoms with E-state index in [0.717, 1.165) is 44.2 Å². The fourth-order valence-corrected chi connectivity index (χ4v) is 2.70. The molecule has 0 aliphatic heterocycles. The fourth-order valence-electron chi connectivity index (χ4n) is 2.70. The van der Waals surface area contributed by atoms with Crippen molar-refractivity contribution in [2.24, 2.45) is 5.92 Å². The van der Waals surface area contributed by atoms with Gasteiger partial charge in [-0.05, 0) is 43.4 Å². The molecule has 0 heterocycles. The van der Waals surface area contributed by atoms with E-state index in [1.54, 1.807) is 0 Å². The summed E-state index contributed by atoms with van der Waals surface area (Å²) < 4.78 is 51.2. The highest BCUT2D eigenvalue weighted by Crippen LogP contribution is 2.33. The average Bonchev–Trinajstić information content (AvgIpc) is 2.55. The molecule has 0 bridgehead atoms. The van der Waals surface area contributed by atoms with Gasteiger partial charge in [0.2, 0.25) is 0 Å². The molecule has 20 heavy (non-hydrogen) atoms. The third kappa shape index (κ3) is 3.87. The molecule has 0 spiro atoms. The van der Waals surface area contributed by atoms with Crippen molar-refractivity contribution in [3.05, 3.63) is 29.6 Å². The predicted octanol–water partition coefficient (Wildman–Crippen LogP) is 5.23. The normalized spacial score (nSPS) is 24.2. The molecule has 1 aromatic carbocycles. The zero-order valence-electron chi connectivity index (χ0n) is 11.4. The predicted molar refractivity (Wildman–Crippen MR) is 71.1 cm³/mol. The van der Waals surface area contributed by atoms with Crippen LogP contribution >= 0.6 is 0 Å². The number of nitrogens with one attached hydrogen (secondary N) is 1.